The van der Waals surface area contributed by atoms with E-state index in [1.807, 2.05) is 0 Å². The fourth-order valence-electron chi connectivity index (χ4n) is 0. The van der Waals surface area contributed by atoms with E-state index in [-0.39, 0.29) is 23.2 Å². The molecule has 0 saturated carbocycles. The molecule has 0 amide bonds. The van der Waals surface area contributed by atoms with E-state index < -0.39 is 12.1 Å². The van der Waals surface area contributed by atoms with Crippen molar-refractivity contribution >= 4 is 5.97 Å². The summed E-state index contributed by atoms with van der Waals surface area (Å²) >= 11 is 0. The van der Waals surface area contributed by atoms with Crippen LogP contribution < -0.4 is 6.15 Å². The zero-order chi connectivity index (χ0) is 5.15. The summed E-state index contributed by atoms with van der Waals surface area (Å²) in [6.07, 6.45) is -1.23. The first-order valence-electron chi connectivity index (χ1n) is 1.55. The van der Waals surface area contributed by atoms with Crippen LogP contribution in [-0.4, -0.2) is 22.3 Å². The maximum atomic E-state index is 9.45. The fourth-order valence-corrected chi connectivity index (χ4v) is 0. The molecule has 1 unspecified atom stereocenters. The van der Waals surface area contributed by atoms with Crippen molar-refractivity contribution in [3.05, 3.63) is 0 Å². The number of carboxylic acids is 1. The second kappa shape index (κ2) is 6.91. The molecular weight excluding hydrogens is 154 g/mol. The van der Waals surface area contributed by atoms with Gasteiger partial charge in [0.1, 0.15) is 6.10 Å². The van der Waals surface area contributed by atoms with Crippen molar-refractivity contribution in [2.75, 3.05) is 0 Å². The van der Waals surface area contributed by atoms with E-state index >= 15 is 0 Å². The Bertz CT molecular complexity index is 65.5. The van der Waals surface area contributed by atoms with Crippen LogP contribution in [0, 0.1) is 0 Å². The van der Waals surface area contributed by atoms with Crippen molar-refractivity contribution in [1.29, 1.82) is 0 Å². The number of aliphatic carboxylic acids is 1. The molecule has 52 valence electrons. The zero-order valence-corrected chi connectivity index (χ0v) is 5.54. The summed E-state index contributed by atoms with van der Waals surface area (Å²) in [5.41, 5.74) is 0. The maximum absolute atomic E-state index is 9.45. The number of aliphatic hydroxyl groups excluding tert-OH is 1. The number of aliphatic hydroxyl groups is 1. The molecule has 0 aliphatic rings. The first-order chi connectivity index (χ1) is 2.64. The molecule has 0 rings (SSSR count). The Labute approximate surface area is 58.0 Å². The Morgan fingerprint density at radius 2 is 1.75 bits per heavy atom. The van der Waals surface area contributed by atoms with Gasteiger partial charge in [-0.05, 0) is 6.92 Å². The Morgan fingerprint density at radius 3 is 1.75 bits per heavy atom. The minimum absolute atomic E-state index is 0. The van der Waals surface area contributed by atoms with E-state index in [1.54, 1.807) is 0 Å². The monoisotopic (exact) mass is 163 g/mol. The normalized spacial score (nSPS) is 10.2. The summed E-state index contributed by atoms with van der Waals surface area (Å²) < 4.78 is 0. The van der Waals surface area contributed by atoms with Gasteiger partial charge in [0.2, 0.25) is 0 Å². The van der Waals surface area contributed by atoms with Gasteiger partial charge in [-0.3, -0.25) is 0 Å². The Balaban J connectivity index is -0.000000125. The summed E-state index contributed by atoms with van der Waals surface area (Å²) in [5, 5.41) is 15.8. The standard InChI is InChI=1S/C3H6O3.Fe.H3N/c1-2(4)3(5)6;;/h2,4H,1H3,(H,5,6);;1H3. The van der Waals surface area contributed by atoms with Crippen LogP contribution in [0.1, 0.15) is 6.92 Å². The van der Waals surface area contributed by atoms with Crippen LogP contribution in [-0.2, 0) is 21.9 Å². The average molecular weight is 163 g/mol. The van der Waals surface area contributed by atoms with E-state index in [4.69, 9.17) is 10.2 Å². The molecule has 0 aromatic carbocycles. The molecule has 0 saturated heterocycles. The van der Waals surface area contributed by atoms with Gasteiger partial charge in [0.05, 0.1) is 0 Å². The molecule has 0 spiro atoms. The van der Waals surface area contributed by atoms with Crippen LogP contribution in [0.25, 0.3) is 0 Å². The summed E-state index contributed by atoms with van der Waals surface area (Å²) in [6.45, 7) is 1.20. The number of rotatable bonds is 1. The third kappa shape index (κ3) is 9.32. The Morgan fingerprint density at radius 1 is 1.62 bits per heavy atom. The molecule has 0 radical (unpaired) electrons. The predicted octanol–water partition coefficient (Wildman–Crippen LogP) is -0.389. The van der Waals surface area contributed by atoms with E-state index in [1.165, 1.54) is 6.92 Å². The van der Waals surface area contributed by atoms with Crippen LogP contribution in [0.2, 0.25) is 0 Å². The molecule has 4 nitrogen and oxygen atoms in total. The van der Waals surface area contributed by atoms with Crippen molar-refractivity contribution < 1.29 is 32.1 Å². The fraction of sp³-hybridized carbons (Fsp3) is 0.667. The van der Waals surface area contributed by atoms with Gasteiger partial charge in [-0.2, -0.15) is 0 Å². The third-order valence-electron chi connectivity index (χ3n) is 0.357. The Hall–Kier alpha value is -0.0905. The molecule has 0 bridgehead atoms. The van der Waals surface area contributed by atoms with Crippen LogP contribution >= 0.6 is 0 Å². The Kier molecular flexibility index (Phi) is 13.5. The second-order valence-corrected chi connectivity index (χ2v) is 1.01. The third-order valence-corrected chi connectivity index (χ3v) is 0.357. The molecule has 0 aromatic rings. The maximum Gasteiger partial charge on any atom is 0.332 e. The topological polar surface area (TPSA) is 92.5 Å². The van der Waals surface area contributed by atoms with Crippen molar-refractivity contribution in [3.8, 4) is 0 Å². The van der Waals surface area contributed by atoms with Gasteiger partial charge in [0, 0.05) is 17.1 Å². The van der Waals surface area contributed by atoms with Crippen molar-refractivity contribution in [2.24, 2.45) is 0 Å². The van der Waals surface area contributed by atoms with Gasteiger partial charge in [-0.15, -0.1) is 0 Å². The second-order valence-electron chi connectivity index (χ2n) is 1.01. The van der Waals surface area contributed by atoms with Gasteiger partial charge >= 0.3 is 5.97 Å². The smallest absolute Gasteiger partial charge is 0.332 e. The predicted molar refractivity (Wildman–Crippen MR) is 24.3 cm³/mol. The van der Waals surface area contributed by atoms with E-state index in [0.717, 1.165) is 0 Å². The first kappa shape index (κ1) is 15.7. The molecular formula is C3H9FeNO3. The van der Waals surface area contributed by atoms with Crippen molar-refractivity contribution in [3.63, 3.8) is 0 Å². The number of carboxylic acid groups (broad SMARTS) is 1. The van der Waals surface area contributed by atoms with Gasteiger partial charge in [-0.25, -0.2) is 4.79 Å². The zero-order valence-electron chi connectivity index (χ0n) is 4.44. The van der Waals surface area contributed by atoms with Crippen LogP contribution in [0.15, 0.2) is 0 Å². The minimum atomic E-state index is -1.23. The molecule has 0 fully saturated rings. The van der Waals surface area contributed by atoms with Crippen molar-refractivity contribution in [2.45, 2.75) is 13.0 Å². The van der Waals surface area contributed by atoms with E-state index in [2.05, 4.69) is 0 Å². The number of carbonyl (C=O) groups is 1. The average Bonchev–Trinajstić information content (AvgIpc) is 1.36. The van der Waals surface area contributed by atoms with Gasteiger partial charge in [-0.1, -0.05) is 0 Å². The van der Waals surface area contributed by atoms with Gasteiger partial charge < -0.3 is 16.4 Å². The van der Waals surface area contributed by atoms with Gasteiger partial charge in [0.15, 0.2) is 0 Å². The summed E-state index contributed by atoms with van der Waals surface area (Å²) in [4.78, 5) is 9.45. The summed E-state index contributed by atoms with van der Waals surface area (Å²) in [6, 6.07) is 0. The molecule has 0 heterocycles. The molecule has 5 heteroatoms. The van der Waals surface area contributed by atoms with Crippen LogP contribution in [0.5, 0.6) is 0 Å². The molecule has 0 aromatic heterocycles. The number of hydrogen-bond donors (Lipinski definition) is 3. The van der Waals surface area contributed by atoms with Crippen LogP contribution in [0.4, 0.5) is 0 Å². The molecule has 5 N–H and O–H groups in total. The number of hydrogen-bond acceptors (Lipinski definition) is 3. The summed E-state index contributed by atoms with van der Waals surface area (Å²) in [7, 11) is 0. The van der Waals surface area contributed by atoms with Crippen molar-refractivity contribution in [1.82, 2.24) is 6.15 Å². The summed E-state index contributed by atoms with van der Waals surface area (Å²) in [5.74, 6) is -1.19. The van der Waals surface area contributed by atoms with Crippen LogP contribution in [0.3, 0.4) is 0 Å². The molecule has 1 atom stereocenters. The van der Waals surface area contributed by atoms with E-state index in [9.17, 15) is 4.79 Å². The minimum Gasteiger partial charge on any atom is -0.479 e. The molecule has 8 heavy (non-hydrogen) atoms. The van der Waals surface area contributed by atoms with Gasteiger partial charge in [0.25, 0.3) is 0 Å². The SMILES string of the molecule is CC(O)C(=O)O.N.[Fe]. The quantitative estimate of drug-likeness (QED) is 0.459. The first-order valence-corrected chi connectivity index (χ1v) is 1.55. The molecule has 0 aliphatic heterocycles. The molecule has 0 aliphatic carbocycles. The van der Waals surface area contributed by atoms with E-state index in [0.29, 0.717) is 0 Å². The largest absolute Gasteiger partial charge is 0.479 e.